The van der Waals surface area contributed by atoms with E-state index in [2.05, 4.69) is 22.2 Å². The molecule has 30 heavy (non-hydrogen) atoms. The maximum Gasteiger partial charge on any atom is 0.434 e. The lowest BCUT2D eigenvalue weighted by Gasteiger charge is -2.45. The van der Waals surface area contributed by atoms with E-state index in [1.54, 1.807) is 0 Å². The third-order valence-corrected chi connectivity index (χ3v) is 6.20. The first-order chi connectivity index (χ1) is 14.0. The predicted molar refractivity (Wildman–Crippen MR) is 110 cm³/mol. The van der Waals surface area contributed by atoms with Gasteiger partial charge >= 0.3 is 6.18 Å². The topological polar surface area (TPSA) is 50.2 Å². The first-order valence-corrected chi connectivity index (χ1v) is 10.3. The molecular weight excluding hydrogens is 417 g/mol. The van der Waals surface area contributed by atoms with Crippen molar-refractivity contribution in [3.8, 4) is 5.69 Å². The maximum absolute atomic E-state index is 13.8. The summed E-state index contributed by atoms with van der Waals surface area (Å²) in [7, 11) is 3.90. The van der Waals surface area contributed by atoms with Crippen LogP contribution in [0.4, 0.5) is 13.2 Å². The van der Waals surface area contributed by atoms with Crippen LogP contribution in [0.15, 0.2) is 30.5 Å². The van der Waals surface area contributed by atoms with Crippen LogP contribution in [0.25, 0.3) is 5.69 Å². The summed E-state index contributed by atoms with van der Waals surface area (Å²) < 4.78 is 42.3. The number of alkyl halides is 3. The standard InChI is InChI=1S/C21H26ClF3N4O/c1-14-5-4-10-20(11-14,28(2)3)13-26-19(30)17-12-27-29(18(17)21(23,24)25)16-8-6-15(22)7-9-16/h6-9,12,14H,4-5,10-11,13H2,1-3H3,(H,26,30)/t14-,20+/m0/s1. The van der Waals surface area contributed by atoms with Gasteiger partial charge in [0.1, 0.15) is 0 Å². The van der Waals surface area contributed by atoms with Crippen LogP contribution < -0.4 is 5.32 Å². The average molecular weight is 443 g/mol. The molecular formula is C21H26ClF3N4O. The van der Waals surface area contributed by atoms with Crippen molar-refractivity contribution in [3.63, 3.8) is 0 Å². The van der Waals surface area contributed by atoms with Crippen molar-refractivity contribution in [2.24, 2.45) is 5.92 Å². The second kappa shape index (κ2) is 8.59. The highest BCUT2D eigenvalue weighted by Gasteiger charge is 2.42. The third-order valence-electron chi connectivity index (χ3n) is 5.95. The summed E-state index contributed by atoms with van der Waals surface area (Å²) in [5.41, 5.74) is -1.68. The van der Waals surface area contributed by atoms with Gasteiger partial charge in [0.05, 0.1) is 17.4 Å². The Balaban J connectivity index is 1.88. The summed E-state index contributed by atoms with van der Waals surface area (Å²) in [4.78, 5) is 14.9. The molecule has 2 aromatic rings. The van der Waals surface area contributed by atoms with E-state index >= 15 is 0 Å². The van der Waals surface area contributed by atoms with E-state index in [1.165, 1.54) is 24.3 Å². The molecule has 1 heterocycles. The molecule has 0 saturated heterocycles. The van der Waals surface area contributed by atoms with Crippen molar-refractivity contribution in [3.05, 3.63) is 46.7 Å². The van der Waals surface area contributed by atoms with Gasteiger partial charge in [0, 0.05) is 17.1 Å². The SMILES string of the molecule is C[C@H]1CCC[C@@](CNC(=O)c2cnn(-c3ccc(Cl)cc3)c2C(F)(F)F)(N(C)C)C1. The number of carbonyl (C=O) groups excluding carboxylic acids is 1. The fourth-order valence-electron chi connectivity index (χ4n) is 4.26. The quantitative estimate of drug-likeness (QED) is 0.724. The molecule has 5 nitrogen and oxygen atoms in total. The lowest BCUT2D eigenvalue weighted by molar-refractivity contribution is -0.143. The van der Waals surface area contributed by atoms with Crippen LogP contribution in [0.1, 0.15) is 48.7 Å². The minimum Gasteiger partial charge on any atom is -0.350 e. The number of benzene rings is 1. The summed E-state index contributed by atoms with van der Waals surface area (Å²) >= 11 is 5.83. The number of carbonyl (C=O) groups is 1. The van der Waals surface area contributed by atoms with Gasteiger partial charge in [0.2, 0.25) is 0 Å². The first kappa shape index (κ1) is 22.6. The van der Waals surface area contributed by atoms with Crippen molar-refractivity contribution >= 4 is 17.5 Å². The molecule has 0 spiro atoms. The summed E-state index contributed by atoms with van der Waals surface area (Å²) in [5, 5.41) is 6.98. The minimum atomic E-state index is -4.75. The van der Waals surface area contributed by atoms with Gasteiger partial charge in [0.25, 0.3) is 5.91 Å². The molecule has 0 bridgehead atoms. The average Bonchev–Trinajstić information content (AvgIpc) is 3.12. The first-order valence-electron chi connectivity index (χ1n) is 9.90. The second-order valence-corrected chi connectivity index (χ2v) is 8.73. The van der Waals surface area contributed by atoms with E-state index in [1.807, 2.05) is 14.1 Å². The Kier molecular flexibility index (Phi) is 6.48. The van der Waals surface area contributed by atoms with Gasteiger partial charge in [-0.2, -0.15) is 18.3 Å². The van der Waals surface area contributed by atoms with Crippen LogP contribution in [0, 0.1) is 5.92 Å². The Hall–Kier alpha value is -2.06. The van der Waals surface area contributed by atoms with Gasteiger partial charge in [-0.3, -0.25) is 4.79 Å². The molecule has 1 aromatic carbocycles. The molecule has 164 valence electrons. The molecule has 1 N–H and O–H groups in total. The molecule has 0 aliphatic heterocycles. The number of nitrogens with zero attached hydrogens (tertiary/aromatic N) is 3. The number of hydrogen-bond acceptors (Lipinski definition) is 3. The second-order valence-electron chi connectivity index (χ2n) is 8.30. The van der Waals surface area contributed by atoms with Gasteiger partial charge in [-0.05, 0) is 57.1 Å². The number of amides is 1. The van der Waals surface area contributed by atoms with Crippen molar-refractivity contribution in [2.75, 3.05) is 20.6 Å². The largest absolute Gasteiger partial charge is 0.434 e. The van der Waals surface area contributed by atoms with Gasteiger partial charge < -0.3 is 10.2 Å². The van der Waals surface area contributed by atoms with Gasteiger partial charge in [-0.1, -0.05) is 31.4 Å². The fourth-order valence-corrected chi connectivity index (χ4v) is 4.39. The molecule has 0 unspecified atom stereocenters. The fraction of sp³-hybridized carbons (Fsp3) is 0.524. The van der Waals surface area contributed by atoms with Gasteiger partial charge in [-0.15, -0.1) is 0 Å². The van der Waals surface area contributed by atoms with Crippen LogP contribution in [0.3, 0.4) is 0 Å². The van der Waals surface area contributed by atoms with Gasteiger partial charge in [-0.25, -0.2) is 4.68 Å². The predicted octanol–water partition coefficient (Wildman–Crippen LogP) is 4.78. The molecule has 1 aliphatic rings. The molecule has 0 radical (unpaired) electrons. The molecule has 3 rings (SSSR count). The Morgan fingerprint density at radius 3 is 2.57 bits per heavy atom. The Labute approximate surface area is 179 Å². The number of rotatable bonds is 5. The number of hydrogen-bond donors (Lipinski definition) is 1. The highest BCUT2D eigenvalue weighted by molar-refractivity contribution is 6.30. The van der Waals surface area contributed by atoms with Gasteiger partial charge in [0.15, 0.2) is 5.69 Å². The zero-order chi connectivity index (χ0) is 22.1. The van der Waals surface area contributed by atoms with E-state index in [9.17, 15) is 18.0 Å². The van der Waals surface area contributed by atoms with Crippen molar-refractivity contribution in [2.45, 2.75) is 44.3 Å². The molecule has 1 fully saturated rings. The summed E-state index contributed by atoms with van der Waals surface area (Å²) in [6, 6.07) is 5.81. The van der Waals surface area contributed by atoms with Crippen LogP contribution >= 0.6 is 11.6 Å². The lowest BCUT2D eigenvalue weighted by Crippen LogP contribution is -2.55. The van der Waals surface area contributed by atoms with Crippen LogP contribution in [0.2, 0.25) is 5.02 Å². The smallest absolute Gasteiger partial charge is 0.350 e. The molecule has 2 atom stereocenters. The lowest BCUT2D eigenvalue weighted by atomic mass is 9.75. The number of aromatic nitrogens is 2. The van der Waals surface area contributed by atoms with E-state index in [4.69, 9.17) is 11.6 Å². The Morgan fingerprint density at radius 2 is 2.00 bits per heavy atom. The van der Waals surface area contributed by atoms with Crippen molar-refractivity contribution in [1.82, 2.24) is 20.0 Å². The minimum absolute atomic E-state index is 0.177. The molecule has 1 saturated carbocycles. The van der Waals surface area contributed by atoms with Crippen molar-refractivity contribution in [1.29, 1.82) is 0 Å². The maximum atomic E-state index is 13.8. The zero-order valence-corrected chi connectivity index (χ0v) is 18.0. The van der Waals surface area contributed by atoms with Crippen LogP contribution in [-0.4, -0.2) is 46.8 Å². The molecule has 9 heteroatoms. The number of halogens is 4. The van der Waals surface area contributed by atoms with E-state index in [0.29, 0.717) is 10.9 Å². The van der Waals surface area contributed by atoms with E-state index in [0.717, 1.165) is 36.6 Å². The van der Waals surface area contributed by atoms with Crippen molar-refractivity contribution < 1.29 is 18.0 Å². The normalized spacial score (nSPS) is 22.3. The summed E-state index contributed by atoms with van der Waals surface area (Å²) in [6.45, 7) is 2.45. The molecule has 1 aromatic heterocycles. The summed E-state index contributed by atoms with van der Waals surface area (Å²) in [5.74, 6) is -0.279. The van der Waals surface area contributed by atoms with Crippen LogP contribution in [0.5, 0.6) is 0 Å². The van der Waals surface area contributed by atoms with E-state index < -0.39 is 23.3 Å². The number of likely N-dealkylation sites (N-methyl/N-ethyl adjacent to an activating group) is 1. The Morgan fingerprint density at radius 1 is 1.33 bits per heavy atom. The number of nitrogens with one attached hydrogen (secondary N) is 1. The highest BCUT2D eigenvalue weighted by Crippen LogP contribution is 2.36. The molecule has 1 aliphatic carbocycles. The Bertz CT molecular complexity index is 895. The molecule has 1 amide bonds. The highest BCUT2D eigenvalue weighted by atomic mass is 35.5. The summed E-state index contributed by atoms with van der Waals surface area (Å²) in [6.07, 6.45) is 0.143. The van der Waals surface area contributed by atoms with Crippen LogP contribution in [-0.2, 0) is 6.18 Å². The third kappa shape index (κ3) is 4.64. The zero-order valence-electron chi connectivity index (χ0n) is 17.3. The van der Waals surface area contributed by atoms with E-state index in [-0.39, 0.29) is 17.8 Å². The monoisotopic (exact) mass is 442 g/mol.